The molecule has 7 heteroatoms. The number of dihydropyridines is 1. The highest BCUT2D eigenvalue weighted by Gasteiger charge is 2.24. The van der Waals surface area contributed by atoms with Crippen molar-refractivity contribution in [2.45, 2.75) is 32.0 Å². The van der Waals surface area contributed by atoms with Crippen molar-refractivity contribution < 1.29 is 18.7 Å². The van der Waals surface area contributed by atoms with Crippen molar-refractivity contribution in [2.24, 2.45) is 5.73 Å². The molecule has 6 nitrogen and oxygen atoms in total. The van der Waals surface area contributed by atoms with Crippen LogP contribution >= 0.6 is 0 Å². The van der Waals surface area contributed by atoms with Crippen LogP contribution in [0.25, 0.3) is 0 Å². The number of hydrogen-bond acceptors (Lipinski definition) is 5. The van der Waals surface area contributed by atoms with Crippen molar-refractivity contribution in [3.63, 3.8) is 0 Å². The highest BCUT2D eigenvalue weighted by Crippen LogP contribution is 2.21. The van der Waals surface area contributed by atoms with E-state index in [1.54, 1.807) is 37.5 Å². The Kier molecular flexibility index (Phi) is 8.22. The smallest absolute Gasteiger partial charge is 0.253 e. The van der Waals surface area contributed by atoms with Crippen LogP contribution in [0.15, 0.2) is 54.3 Å². The maximum Gasteiger partial charge on any atom is 0.253 e. The number of carbonyl (C=O) groups is 1. The molecule has 1 amide bonds. The number of ether oxygens (including phenoxy) is 2. The molecule has 0 bridgehead atoms. The predicted molar refractivity (Wildman–Crippen MR) is 107 cm³/mol. The van der Waals surface area contributed by atoms with Gasteiger partial charge in [0.05, 0.1) is 18.8 Å². The predicted octanol–water partition coefficient (Wildman–Crippen LogP) is 2.52. The Bertz CT molecular complexity index is 761. The molecular formula is C21H28FN3O3. The lowest BCUT2D eigenvalue weighted by Gasteiger charge is -2.28. The molecule has 4 N–H and O–H groups in total. The summed E-state index contributed by atoms with van der Waals surface area (Å²) in [4.78, 5) is 12.3. The zero-order valence-electron chi connectivity index (χ0n) is 16.3. The third-order valence-corrected chi connectivity index (χ3v) is 4.13. The van der Waals surface area contributed by atoms with Gasteiger partial charge in [0.1, 0.15) is 5.66 Å². The van der Waals surface area contributed by atoms with E-state index in [-0.39, 0.29) is 24.8 Å². The average Bonchev–Trinajstić information content (AvgIpc) is 2.68. The number of carbonyl (C=O) groups excluding carboxylic acids is 1. The molecular weight excluding hydrogens is 361 g/mol. The summed E-state index contributed by atoms with van der Waals surface area (Å²) in [6.07, 6.45) is 10.5. The number of nitrogens with two attached hydrogens (primary N) is 1. The van der Waals surface area contributed by atoms with E-state index in [2.05, 4.69) is 17.6 Å². The average molecular weight is 389 g/mol. The van der Waals surface area contributed by atoms with Crippen LogP contribution in [0, 0.1) is 5.82 Å². The summed E-state index contributed by atoms with van der Waals surface area (Å²) in [5.41, 5.74) is 5.94. The van der Waals surface area contributed by atoms with Crippen LogP contribution in [-0.4, -0.2) is 31.9 Å². The second-order valence-corrected chi connectivity index (χ2v) is 6.48. The van der Waals surface area contributed by atoms with E-state index < -0.39 is 11.5 Å². The number of allylic oxidation sites excluding steroid dienone is 1. The van der Waals surface area contributed by atoms with Crippen molar-refractivity contribution in [1.82, 2.24) is 10.6 Å². The van der Waals surface area contributed by atoms with Gasteiger partial charge in [-0.15, -0.1) is 0 Å². The van der Waals surface area contributed by atoms with Crippen molar-refractivity contribution in [2.75, 3.05) is 20.3 Å². The van der Waals surface area contributed by atoms with E-state index >= 15 is 0 Å². The largest absolute Gasteiger partial charge is 0.490 e. The van der Waals surface area contributed by atoms with Crippen LogP contribution in [0.2, 0.25) is 0 Å². The molecule has 0 saturated carbocycles. The van der Waals surface area contributed by atoms with E-state index in [0.29, 0.717) is 24.2 Å². The van der Waals surface area contributed by atoms with Gasteiger partial charge in [0.25, 0.3) is 5.91 Å². The van der Waals surface area contributed by atoms with Crippen molar-refractivity contribution >= 4 is 5.91 Å². The minimum atomic E-state index is -0.845. The molecule has 1 unspecified atom stereocenters. The molecule has 0 aliphatic carbocycles. The molecule has 28 heavy (non-hydrogen) atoms. The first-order chi connectivity index (χ1) is 13.5. The van der Waals surface area contributed by atoms with Gasteiger partial charge in [-0.05, 0) is 31.1 Å². The summed E-state index contributed by atoms with van der Waals surface area (Å²) in [5.74, 6) is -0.615. The lowest BCUT2D eigenvalue weighted by atomic mass is 10.1. The van der Waals surface area contributed by atoms with Crippen molar-refractivity contribution in [3.05, 3.63) is 65.7 Å². The Hall–Kier alpha value is -2.64. The van der Waals surface area contributed by atoms with Crippen LogP contribution in [0.5, 0.6) is 5.75 Å². The summed E-state index contributed by atoms with van der Waals surface area (Å²) in [6, 6.07) is 4.90. The fourth-order valence-electron chi connectivity index (χ4n) is 2.62. The number of methoxy groups -OCH3 is 1. The SMILES string of the molecule is CCC=CCCOc1cccc(CNC(=O)C2=CNC(N)(COC)C=C2)c1F. The van der Waals surface area contributed by atoms with Crippen molar-refractivity contribution in [3.8, 4) is 5.75 Å². The van der Waals surface area contributed by atoms with Gasteiger partial charge in [-0.25, -0.2) is 4.39 Å². The van der Waals surface area contributed by atoms with E-state index in [4.69, 9.17) is 15.2 Å². The third kappa shape index (κ3) is 6.21. The number of hydrogen-bond donors (Lipinski definition) is 3. The quantitative estimate of drug-likeness (QED) is 0.423. The standard InChI is InChI=1S/C21H28FN3O3/c1-3-4-5-6-12-28-18-9-7-8-16(19(18)22)13-24-20(26)17-10-11-21(23,15-27-2)25-14-17/h4-5,7-11,14,25H,3,6,12-13,15,23H2,1-2H3,(H,24,26). The Morgan fingerprint density at radius 3 is 2.89 bits per heavy atom. The fourth-order valence-corrected chi connectivity index (χ4v) is 2.62. The van der Waals surface area contributed by atoms with Gasteiger partial charge < -0.3 is 25.8 Å². The Labute approximate surface area is 165 Å². The van der Waals surface area contributed by atoms with Crippen LogP contribution in [-0.2, 0) is 16.1 Å². The van der Waals surface area contributed by atoms with Crippen LogP contribution in [0.3, 0.4) is 0 Å². The van der Waals surface area contributed by atoms with E-state index in [0.717, 1.165) is 6.42 Å². The van der Waals surface area contributed by atoms with Crippen LogP contribution < -0.4 is 21.1 Å². The molecule has 0 spiro atoms. The lowest BCUT2D eigenvalue weighted by molar-refractivity contribution is -0.117. The second kappa shape index (κ2) is 10.6. The topological polar surface area (TPSA) is 85.6 Å². The maximum absolute atomic E-state index is 14.6. The molecule has 1 heterocycles. The first-order valence-corrected chi connectivity index (χ1v) is 9.27. The number of amides is 1. The number of nitrogens with one attached hydrogen (secondary N) is 2. The second-order valence-electron chi connectivity index (χ2n) is 6.48. The zero-order chi connectivity index (χ0) is 20.4. The molecule has 0 radical (unpaired) electrons. The molecule has 1 aliphatic heterocycles. The minimum absolute atomic E-state index is 0.0502. The molecule has 1 aromatic rings. The van der Waals surface area contributed by atoms with Gasteiger partial charge in [-0.3, -0.25) is 4.79 Å². The number of benzene rings is 1. The van der Waals surface area contributed by atoms with E-state index in [1.807, 2.05) is 12.2 Å². The third-order valence-electron chi connectivity index (χ3n) is 4.13. The number of rotatable bonds is 10. The van der Waals surface area contributed by atoms with Gasteiger partial charge in [0.15, 0.2) is 11.6 Å². The molecule has 1 atom stereocenters. The maximum atomic E-state index is 14.6. The first kappa shape index (κ1) is 21.7. The Balaban J connectivity index is 1.90. The molecule has 152 valence electrons. The summed E-state index contributed by atoms with van der Waals surface area (Å²) in [6.45, 7) is 2.76. The molecule has 0 saturated heterocycles. The first-order valence-electron chi connectivity index (χ1n) is 9.27. The summed E-state index contributed by atoms with van der Waals surface area (Å²) in [7, 11) is 1.55. The van der Waals surface area contributed by atoms with Crippen LogP contribution in [0.1, 0.15) is 25.3 Å². The van der Waals surface area contributed by atoms with Crippen LogP contribution in [0.4, 0.5) is 4.39 Å². The van der Waals surface area contributed by atoms with Gasteiger partial charge >= 0.3 is 0 Å². The Morgan fingerprint density at radius 1 is 1.39 bits per heavy atom. The molecule has 0 aromatic heterocycles. The fraction of sp³-hybridized carbons (Fsp3) is 0.381. The van der Waals surface area contributed by atoms with Gasteiger partial charge in [0.2, 0.25) is 0 Å². The Morgan fingerprint density at radius 2 is 2.21 bits per heavy atom. The minimum Gasteiger partial charge on any atom is -0.490 e. The molecule has 1 aromatic carbocycles. The normalized spacial score (nSPS) is 18.6. The zero-order valence-corrected chi connectivity index (χ0v) is 16.3. The van der Waals surface area contributed by atoms with Gasteiger partial charge in [-0.2, -0.15) is 0 Å². The molecule has 1 aliphatic rings. The highest BCUT2D eigenvalue weighted by atomic mass is 19.1. The van der Waals surface area contributed by atoms with Gasteiger partial charge in [0, 0.05) is 25.4 Å². The summed E-state index contributed by atoms with van der Waals surface area (Å²) < 4.78 is 25.1. The van der Waals surface area contributed by atoms with Gasteiger partial charge in [-0.1, -0.05) is 31.2 Å². The van der Waals surface area contributed by atoms with Crippen molar-refractivity contribution in [1.29, 1.82) is 0 Å². The van der Waals surface area contributed by atoms with E-state index in [1.165, 1.54) is 6.20 Å². The molecule has 0 fully saturated rings. The highest BCUT2D eigenvalue weighted by molar-refractivity contribution is 5.96. The number of halogens is 1. The lowest BCUT2D eigenvalue weighted by Crippen LogP contribution is -2.54. The van der Waals surface area contributed by atoms with E-state index in [9.17, 15) is 9.18 Å². The molecule has 2 rings (SSSR count). The monoisotopic (exact) mass is 389 g/mol. The summed E-state index contributed by atoms with van der Waals surface area (Å²) in [5, 5.41) is 5.63. The summed E-state index contributed by atoms with van der Waals surface area (Å²) >= 11 is 0.